The fourth-order valence-corrected chi connectivity index (χ4v) is 2.10. The lowest BCUT2D eigenvalue weighted by Crippen LogP contribution is -2.24. The summed E-state index contributed by atoms with van der Waals surface area (Å²) in [4.78, 5) is 11.8. The number of amides is 1. The minimum atomic E-state index is -0.285. The number of rotatable bonds is 6. The molecule has 2 aromatic carbocycles. The molecule has 0 fully saturated rings. The molecule has 2 aromatic rings. The Morgan fingerprint density at radius 2 is 1.87 bits per heavy atom. The van der Waals surface area contributed by atoms with Gasteiger partial charge < -0.3 is 4.74 Å². The van der Waals surface area contributed by atoms with Crippen LogP contribution in [0.2, 0.25) is 0 Å². The topological polar surface area (TPSA) is 50.7 Å². The van der Waals surface area contributed by atoms with Crippen molar-refractivity contribution in [2.75, 3.05) is 6.61 Å². The average Bonchev–Trinajstić information content (AvgIpc) is 2.55. The molecule has 0 heterocycles. The monoisotopic (exact) mass is 310 g/mol. The van der Waals surface area contributed by atoms with Crippen molar-refractivity contribution in [2.24, 2.45) is 5.10 Å². The van der Waals surface area contributed by atoms with E-state index in [1.54, 1.807) is 6.21 Å². The van der Waals surface area contributed by atoms with Crippen LogP contribution in [-0.4, -0.2) is 18.7 Å². The molecule has 0 aromatic heterocycles. The summed E-state index contributed by atoms with van der Waals surface area (Å²) >= 11 is 0. The number of benzene rings is 2. The van der Waals surface area contributed by atoms with Gasteiger partial charge in [-0.2, -0.15) is 5.10 Å². The van der Waals surface area contributed by atoms with Crippen molar-refractivity contribution in [3.05, 3.63) is 65.2 Å². The minimum absolute atomic E-state index is 0.0605. The Labute approximate surface area is 137 Å². The van der Waals surface area contributed by atoms with Gasteiger partial charge in [0.2, 0.25) is 0 Å². The van der Waals surface area contributed by atoms with Crippen LogP contribution < -0.4 is 10.2 Å². The Hall–Kier alpha value is -2.62. The lowest BCUT2D eigenvalue weighted by Gasteiger charge is -2.12. The quantitative estimate of drug-likeness (QED) is 0.654. The third-order valence-corrected chi connectivity index (χ3v) is 3.38. The summed E-state index contributed by atoms with van der Waals surface area (Å²) in [5.41, 5.74) is 5.67. The number of ether oxygens (including phenoxy) is 1. The number of aryl methyl sites for hydroxylation is 1. The molecule has 0 saturated carbocycles. The number of para-hydroxylation sites is 1. The standard InChI is InChI=1S/C19H22N2O2/c1-14(2)17-6-4-5-7-18(17)23-13-19(22)21-20-12-16-10-8-15(3)9-11-16/h4-12,14H,13H2,1-3H3,(H,21,22)/b20-12+. The SMILES string of the molecule is Cc1ccc(/C=N/NC(=O)COc2ccccc2C(C)C)cc1. The van der Waals surface area contributed by atoms with Gasteiger partial charge in [-0.15, -0.1) is 0 Å². The number of carbonyl (C=O) groups is 1. The Morgan fingerprint density at radius 3 is 2.57 bits per heavy atom. The van der Waals surface area contributed by atoms with Gasteiger partial charge in [0.05, 0.1) is 6.21 Å². The zero-order chi connectivity index (χ0) is 16.7. The van der Waals surface area contributed by atoms with E-state index in [4.69, 9.17) is 4.74 Å². The molecule has 4 heteroatoms. The summed E-state index contributed by atoms with van der Waals surface area (Å²) in [5.74, 6) is 0.793. The Kier molecular flexibility index (Phi) is 5.92. The normalized spacial score (nSPS) is 11.0. The number of hydrogen-bond donors (Lipinski definition) is 1. The maximum Gasteiger partial charge on any atom is 0.277 e. The van der Waals surface area contributed by atoms with E-state index in [1.807, 2.05) is 55.5 Å². The largest absolute Gasteiger partial charge is 0.483 e. The van der Waals surface area contributed by atoms with Crippen LogP contribution in [0.3, 0.4) is 0 Å². The molecule has 0 aliphatic carbocycles. The molecule has 0 radical (unpaired) electrons. The van der Waals surface area contributed by atoms with E-state index >= 15 is 0 Å². The van der Waals surface area contributed by atoms with Gasteiger partial charge in [0.1, 0.15) is 5.75 Å². The summed E-state index contributed by atoms with van der Waals surface area (Å²) in [6.07, 6.45) is 1.61. The highest BCUT2D eigenvalue weighted by molar-refractivity contribution is 5.82. The van der Waals surface area contributed by atoms with Crippen molar-refractivity contribution >= 4 is 12.1 Å². The van der Waals surface area contributed by atoms with Crippen LogP contribution in [0.5, 0.6) is 5.75 Å². The van der Waals surface area contributed by atoms with E-state index in [1.165, 1.54) is 5.56 Å². The molecule has 0 spiro atoms. The van der Waals surface area contributed by atoms with E-state index < -0.39 is 0 Å². The van der Waals surface area contributed by atoms with Crippen LogP contribution in [0.4, 0.5) is 0 Å². The summed E-state index contributed by atoms with van der Waals surface area (Å²) in [6, 6.07) is 15.6. The van der Waals surface area contributed by atoms with E-state index in [9.17, 15) is 4.79 Å². The fraction of sp³-hybridized carbons (Fsp3) is 0.263. The molecular formula is C19H22N2O2. The number of carbonyl (C=O) groups excluding carboxylic acids is 1. The van der Waals surface area contributed by atoms with E-state index in [0.717, 1.165) is 16.9 Å². The molecular weight excluding hydrogens is 288 g/mol. The molecule has 4 nitrogen and oxygen atoms in total. The Balaban J connectivity index is 1.85. The fourth-order valence-electron chi connectivity index (χ4n) is 2.10. The molecule has 23 heavy (non-hydrogen) atoms. The van der Waals surface area contributed by atoms with E-state index in [0.29, 0.717) is 5.92 Å². The zero-order valence-corrected chi connectivity index (χ0v) is 13.7. The molecule has 2 rings (SSSR count). The summed E-state index contributed by atoms with van der Waals surface area (Å²) < 4.78 is 5.59. The van der Waals surface area contributed by atoms with Gasteiger partial charge in [-0.3, -0.25) is 4.79 Å². The molecule has 0 saturated heterocycles. The van der Waals surface area contributed by atoms with Gasteiger partial charge in [0, 0.05) is 0 Å². The van der Waals surface area contributed by atoms with Crippen molar-refractivity contribution in [3.63, 3.8) is 0 Å². The third-order valence-electron chi connectivity index (χ3n) is 3.38. The van der Waals surface area contributed by atoms with Gasteiger partial charge in [-0.25, -0.2) is 5.43 Å². The minimum Gasteiger partial charge on any atom is -0.483 e. The predicted molar refractivity (Wildman–Crippen MR) is 92.9 cm³/mol. The number of nitrogens with zero attached hydrogens (tertiary/aromatic N) is 1. The second-order valence-electron chi connectivity index (χ2n) is 5.69. The first-order valence-corrected chi connectivity index (χ1v) is 7.66. The number of nitrogens with one attached hydrogen (secondary N) is 1. The Bertz CT molecular complexity index is 676. The highest BCUT2D eigenvalue weighted by atomic mass is 16.5. The van der Waals surface area contributed by atoms with E-state index in [-0.39, 0.29) is 12.5 Å². The molecule has 0 atom stereocenters. The number of hydrogen-bond acceptors (Lipinski definition) is 3. The van der Waals surface area contributed by atoms with Crippen LogP contribution >= 0.6 is 0 Å². The molecule has 1 amide bonds. The van der Waals surface area contributed by atoms with Crippen molar-refractivity contribution in [2.45, 2.75) is 26.7 Å². The summed E-state index contributed by atoms with van der Waals surface area (Å²) in [6.45, 7) is 6.15. The Morgan fingerprint density at radius 1 is 1.17 bits per heavy atom. The highest BCUT2D eigenvalue weighted by Crippen LogP contribution is 2.25. The molecule has 0 aliphatic rings. The van der Waals surface area contributed by atoms with E-state index in [2.05, 4.69) is 24.4 Å². The van der Waals surface area contributed by atoms with Crippen molar-refractivity contribution in [1.82, 2.24) is 5.43 Å². The van der Waals surface area contributed by atoms with Gasteiger partial charge in [0.15, 0.2) is 6.61 Å². The molecule has 0 bridgehead atoms. The van der Waals surface area contributed by atoms with Gasteiger partial charge >= 0.3 is 0 Å². The first-order chi connectivity index (χ1) is 11.1. The van der Waals surface area contributed by atoms with Crippen LogP contribution in [0.15, 0.2) is 53.6 Å². The smallest absolute Gasteiger partial charge is 0.277 e. The third kappa shape index (κ3) is 5.25. The maximum absolute atomic E-state index is 11.8. The highest BCUT2D eigenvalue weighted by Gasteiger charge is 2.08. The van der Waals surface area contributed by atoms with Crippen LogP contribution in [0.25, 0.3) is 0 Å². The molecule has 0 unspecified atom stereocenters. The van der Waals surface area contributed by atoms with Crippen molar-refractivity contribution in [1.29, 1.82) is 0 Å². The average molecular weight is 310 g/mol. The second kappa shape index (κ2) is 8.13. The molecule has 120 valence electrons. The molecule has 1 N–H and O–H groups in total. The van der Waals surface area contributed by atoms with Crippen LogP contribution in [-0.2, 0) is 4.79 Å². The summed E-state index contributed by atoms with van der Waals surface area (Å²) in [7, 11) is 0. The van der Waals surface area contributed by atoms with Gasteiger partial charge in [0.25, 0.3) is 5.91 Å². The van der Waals surface area contributed by atoms with Gasteiger partial charge in [-0.05, 0) is 30.0 Å². The van der Waals surface area contributed by atoms with Crippen molar-refractivity contribution in [3.8, 4) is 5.75 Å². The lowest BCUT2D eigenvalue weighted by molar-refractivity contribution is -0.123. The summed E-state index contributed by atoms with van der Waals surface area (Å²) in [5, 5.41) is 3.94. The number of hydrazone groups is 1. The van der Waals surface area contributed by atoms with Gasteiger partial charge in [-0.1, -0.05) is 61.9 Å². The molecule has 0 aliphatic heterocycles. The maximum atomic E-state index is 11.8. The second-order valence-corrected chi connectivity index (χ2v) is 5.69. The first kappa shape index (κ1) is 16.7. The van der Waals surface area contributed by atoms with Crippen LogP contribution in [0.1, 0.15) is 36.5 Å². The van der Waals surface area contributed by atoms with Crippen molar-refractivity contribution < 1.29 is 9.53 Å². The first-order valence-electron chi connectivity index (χ1n) is 7.66. The van der Waals surface area contributed by atoms with Crippen LogP contribution in [0, 0.1) is 6.92 Å². The zero-order valence-electron chi connectivity index (χ0n) is 13.7. The lowest BCUT2D eigenvalue weighted by atomic mass is 10.0. The predicted octanol–water partition coefficient (Wildman–Crippen LogP) is 3.65.